The van der Waals surface area contributed by atoms with Gasteiger partial charge in [0.05, 0.1) is 6.04 Å². The molecule has 1 aliphatic carbocycles. The van der Waals surface area contributed by atoms with Crippen molar-refractivity contribution in [1.82, 2.24) is 10.2 Å². The van der Waals surface area contributed by atoms with Gasteiger partial charge in [0.25, 0.3) is 0 Å². The number of carbonyl (C=O) groups excluding carboxylic acids is 1. The number of amides is 1. The Morgan fingerprint density at radius 2 is 1.82 bits per heavy atom. The number of rotatable bonds is 2. The van der Waals surface area contributed by atoms with Gasteiger partial charge in [-0.25, -0.2) is 0 Å². The van der Waals surface area contributed by atoms with Crippen LogP contribution in [-0.2, 0) is 4.79 Å². The summed E-state index contributed by atoms with van der Waals surface area (Å²) in [6.07, 6.45) is 10.2. The summed E-state index contributed by atoms with van der Waals surface area (Å²) < 4.78 is 0. The second-order valence-corrected chi connectivity index (χ2v) is 5.93. The van der Waals surface area contributed by atoms with Gasteiger partial charge < -0.3 is 10.2 Å². The molecule has 1 unspecified atom stereocenters. The fourth-order valence-corrected chi connectivity index (χ4v) is 3.99. The van der Waals surface area contributed by atoms with E-state index in [4.69, 9.17) is 0 Å². The average Bonchev–Trinajstić information content (AvgIpc) is 3.09. The van der Waals surface area contributed by atoms with E-state index < -0.39 is 0 Å². The van der Waals surface area contributed by atoms with Gasteiger partial charge in [-0.3, -0.25) is 4.79 Å². The molecule has 0 radical (unpaired) electrons. The maximum Gasteiger partial charge on any atom is 0.239 e. The fraction of sp³-hybridized carbons (Fsp3) is 0.929. The van der Waals surface area contributed by atoms with Crippen LogP contribution in [0.4, 0.5) is 0 Å². The van der Waals surface area contributed by atoms with E-state index in [1.54, 1.807) is 0 Å². The normalized spacial score (nSPS) is 34.7. The molecule has 3 fully saturated rings. The minimum absolute atomic E-state index is 0.136. The van der Waals surface area contributed by atoms with Crippen LogP contribution in [0, 0.1) is 5.92 Å². The van der Waals surface area contributed by atoms with Gasteiger partial charge in [-0.1, -0.05) is 12.8 Å². The molecule has 3 rings (SSSR count). The van der Waals surface area contributed by atoms with E-state index in [2.05, 4.69) is 10.2 Å². The van der Waals surface area contributed by atoms with Gasteiger partial charge in [-0.2, -0.15) is 0 Å². The maximum absolute atomic E-state index is 12.5. The minimum atomic E-state index is 0.136. The highest BCUT2D eigenvalue weighted by atomic mass is 16.2. The monoisotopic (exact) mass is 236 g/mol. The molecule has 3 nitrogen and oxygen atoms in total. The average molecular weight is 236 g/mol. The van der Waals surface area contributed by atoms with Crippen molar-refractivity contribution in [3.8, 4) is 0 Å². The Labute approximate surface area is 104 Å². The molecular weight excluding hydrogens is 212 g/mol. The highest BCUT2D eigenvalue weighted by Gasteiger charge is 2.38. The SMILES string of the molecule is O=C([C@H]1CCCN1)N1CCCC1C1CCCC1. The quantitative estimate of drug-likeness (QED) is 0.794. The number of nitrogens with zero attached hydrogens (tertiary/aromatic N) is 1. The molecule has 3 heteroatoms. The van der Waals surface area contributed by atoms with E-state index in [-0.39, 0.29) is 6.04 Å². The fourth-order valence-electron chi connectivity index (χ4n) is 3.99. The molecule has 0 aromatic carbocycles. The summed E-state index contributed by atoms with van der Waals surface area (Å²) in [5, 5.41) is 3.35. The predicted octanol–water partition coefficient (Wildman–Crippen LogP) is 1.92. The molecule has 2 heterocycles. The second-order valence-electron chi connectivity index (χ2n) is 5.93. The summed E-state index contributed by atoms with van der Waals surface area (Å²) in [6, 6.07) is 0.712. The van der Waals surface area contributed by atoms with Crippen molar-refractivity contribution in [2.45, 2.75) is 63.5 Å². The third-order valence-electron chi connectivity index (χ3n) is 4.88. The topological polar surface area (TPSA) is 32.3 Å². The lowest BCUT2D eigenvalue weighted by Crippen LogP contribution is -2.47. The Kier molecular flexibility index (Phi) is 3.37. The van der Waals surface area contributed by atoms with E-state index in [1.165, 1.54) is 44.9 Å². The molecule has 96 valence electrons. The molecule has 1 amide bonds. The first-order chi connectivity index (χ1) is 8.36. The van der Waals surface area contributed by atoms with Crippen LogP contribution in [0.15, 0.2) is 0 Å². The lowest BCUT2D eigenvalue weighted by molar-refractivity contribution is -0.134. The van der Waals surface area contributed by atoms with Crippen molar-refractivity contribution in [3.63, 3.8) is 0 Å². The molecule has 1 N–H and O–H groups in total. The van der Waals surface area contributed by atoms with Gasteiger partial charge in [0.1, 0.15) is 0 Å². The summed E-state index contributed by atoms with van der Waals surface area (Å²) in [7, 11) is 0. The van der Waals surface area contributed by atoms with E-state index >= 15 is 0 Å². The zero-order chi connectivity index (χ0) is 11.7. The molecule has 1 saturated carbocycles. The van der Waals surface area contributed by atoms with Crippen LogP contribution in [0.25, 0.3) is 0 Å². The molecule has 17 heavy (non-hydrogen) atoms. The van der Waals surface area contributed by atoms with E-state index in [0.717, 1.165) is 25.4 Å². The molecular formula is C14H24N2O. The van der Waals surface area contributed by atoms with Crippen molar-refractivity contribution >= 4 is 5.91 Å². The lowest BCUT2D eigenvalue weighted by atomic mass is 9.95. The van der Waals surface area contributed by atoms with Crippen LogP contribution in [0.2, 0.25) is 0 Å². The van der Waals surface area contributed by atoms with Crippen molar-refractivity contribution in [1.29, 1.82) is 0 Å². The molecule has 2 saturated heterocycles. The molecule has 2 atom stereocenters. The van der Waals surface area contributed by atoms with Crippen LogP contribution in [0.5, 0.6) is 0 Å². The Bertz CT molecular complexity index is 280. The van der Waals surface area contributed by atoms with E-state index in [0.29, 0.717) is 11.9 Å². The summed E-state index contributed by atoms with van der Waals surface area (Å²) in [5.74, 6) is 1.21. The summed E-state index contributed by atoms with van der Waals surface area (Å²) in [4.78, 5) is 14.7. The predicted molar refractivity (Wildman–Crippen MR) is 67.7 cm³/mol. The minimum Gasteiger partial charge on any atom is -0.338 e. The highest BCUT2D eigenvalue weighted by molar-refractivity contribution is 5.82. The molecule has 0 aromatic rings. The molecule has 0 bridgehead atoms. The Morgan fingerprint density at radius 3 is 2.53 bits per heavy atom. The van der Waals surface area contributed by atoms with Crippen molar-refractivity contribution in [2.75, 3.05) is 13.1 Å². The van der Waals surface area contributed by atoms with E-state index in [9.17, 15) is 4.79 Å². The van der Waals surface area contributed by atoms with Gasteiger partial charge in [0, 0.05) is 12.6 Å². The lowest BCUT2D eigenvalue weighted by Gasteiger charge is -2.31. The van der Waals surface area contributed by atoms with Crippen molar-refractivity contribution in [3.05, 3.63) is 0 Å². The Hall–Kier alpha value is -0.570. The number of hydrogen-bond donors (Lipinski definition) is 1. The van der Waals surface area contributed by atoms with Crippen LogP contribution >= 0.6 is 0 Å². The third-order valence-corrected chi connectivity index (χ3v) is 4.88. The summed E-state index contributed by atoms with van der Waals surface area (Å²) in [5.41, 5.74) is 0. The molecule has 0 aromatic heterocycles. The van der Waals surface area contributed by atoms with Gasteiger partial charge in [0.15, 0.2) is 0 Å². The zero-order valence-electron chi connectivity index (χ0n) is 10.7. The summed E-state index contributed by atoms with van der Waals surface area (Å²) >= 11 is 0. The van der Waals surface area contributed by atoms with Gasteiger partial charge >= 0.3 is 0 Å². The number of hydrogen-bond acceptors (Lipinski definition) is 2. The first kappa shape index (κ1) is 11.5. The standard InChI is InChI=1S/C14H24N2O/c17-14(12-7-3-9-15-12)16-10-4-8-13(16)11-5-1-2-6-11/h11-13,15H,1-10H2/t12-,13?/m1/s1. The number of nitrogens with one attached hydrogen (secondary N) is 1. The van der Waals surface area contributed by atoms with Gasteiger partial charge in [-0.15, -0.1) is 0 Å². The van der Waals surface area contributed by atoms with Crippen LogP contribution < -0.4 is 5.32 Å². The number of likely N-dealkylation sites (tertiary alicyclic amines) is 1. The first-order valence-corrected chi connectivity index (χ1v) is 7.40. The van der Waals surface area contributed by atoms with Crippen LogP contribution in [-0.4, -0.2) is 36.0 Å². The molecule has 2 aliphatic heterocycles. The van der Waals surface area contributed by atoms with Gasteiger partial charge in [-0.05, 0) is 51.0 Å². The largest absolute Gasteiger partial charge is 0.338 e. The third kappa shape index (κ3) is 2.22. The van der Waals surface area contributed by atoms with E-state index in [1.807, 2.05) is 0 Å². The Balaban J connectivity index is 1.65. The summed E-state index contributed by atoms with van der Waals surface area (Å²) in [6.45, 7) is 2.04. The van der Waals surface area contributed by atoms with Gasteiger partial charge in [0.2, 0.25) is 5.91 Å². The Morgan fingerprint density at radius 1 is 1.00 bits per heavy atom. The number of carbonyl (C=O) groups is 1. The smallest absolute Gasteiger partial charge is 0.239 e. The molecule has 0 spiro atoms. The van der Waals surface area contributed by atoms with Crippen LogP contribution in [0.3, 0.4) is 0 Å². The highest BCUT2D eigenvalue weighted by Crippen LogP contribution is 2.35. The van der Waals surface area contributed by atoms with Crippen molar-refractivity contribution < 1.29 is 4.79 Å². The second kappa shape index (κ2) is 4.97. The zero-order valence-corrected chi connectivity index (χ0v) is 10.7. The maximum atomic E-state index is 12.5. The van der Waals surface area contributed by atoms with Crippen molar-refractivity contribution in [2.24, 2.45) is 5.92 Å². The van der Waals surface area contributed by atoms with Crippen LogP contribution in [0.1, 0.15) is 51.4 Å². The first-order valence-electron chi connectivity index (χ1n) is 7.40. The molecule has 3 aliphatic rings.